The molecule has 0 atom stereocenters. The van der Waals surface area contributed by atoms with Crippen molar-refractivity contribution >= 4 is 5.91 Å². The fraction of sp³-hybridized carbons (Fsp3) is 0.333. The van der Waals surface area contributed by atoms with Crippen LogP contribution in [0.25, 0.3) is 11.3 Å². The number of aromatic nitrogens is 2. The third-order valence-electron chi connectivity index (χ3n) is 5.43. The van der Waals surface area contributed by atoms with E-state index in [-0.39, 0.29) is 5.91 Å². The number of hydrogen-bond acceptors (Lipinski definition) is 4. The number of carbonyl (C=O) groups is 1. The first-order valence-electron chi connectivity index (χ1n) is 9.92. The highest BCUT2D eigenvalue weighted by atomic mass is 16.5. The topological polar surface area (TPSA) is 56.6 Å². The smallest absolute Gasteiger partial charge is 0.271 e. The Morgan fingerprint density at radius 3 is 2.40 bits per heavy atom. The van der Waals surface area contributed by atoms with Crippen molar-refractivity contribution < 1.29 is 14.3 Å². The van der Waals surface area contributed by atoms with Gasteiger partial charge in [-0.2, -0.15) is 5.10 Å². The molecule has 3 rings (SSSR count). The molecule has 2 aromatic carbocycles. The van der Waals surface area contributed by atoms with E-state index >= 15 is 0 Å². The van der Waals surface area contributed by atoms with Gasteiger partial charge in [-0.05, 0) is 61.2 Å². The Kier molecular flexibility index (Phi) is 6.45. The quantitative estimate of drug-likeness (QED) is 0.593. The second-order valence-corrected chi connectivity index (χ2v) is 7.50. The van der Waals surface area contributed by atoms with Crippen LogP contribution in [0.1, 0.15) is 27.2 Å². The molecule has 0 bridgehead atoms. The van der Waals surface area contributed by atoms with Gasteiger partial charge in [0.05, 0.1) is 19.9 Å². The maximum atomic E-state index is 13.0. The van der Waals surface area contributed by atoms with Gasteiger partial charge in [0.2, 0.25) is 0 Å². The zero-order chi connectivity index (χ0) is 21.8. The molecule has 0 saturated heterocycles. The lowest BCUT2D eigenvalue weighted by atomic mass is 10.0. The minimum Gasteiger partial charge on any atom is -0.493 e. The van der Waals surface area contributed by atoms with Gasteiger partial charge in [0.25, 0.3) is 5.91 Å². The van der Waals surface area contributed by atoms with Gasteiger partial charge >= 0.3 is 0 Å². The average Bonchev–Trinajstić information content (AvgIpc) is 3.14. The molecule has 6 nitrogen and oxygen atoms in total. The van der Waals surface area contributed by atoms with E-state index in [4.69, 9.17) is 9.47 Å². The standard InChI is InChI=1S/C24H29N3O3/c1-16-7-9-19(13-17(16)2)20-15-21(27(4)25-20)24(28)26(3)12-11-18-8-10-22(29-5)23(14-18)30-6/h7-10,13-15H,11-12H2,1-6H3. The van der Waals surface area contributed by atoms with E-state index in [0.717, 1.165) is 16.8 Å². The predicted molar refractivity (Wildman–Crippen MR) is 118 cm³/mol. The third-order valence-corrected chi connectivity index (χ3v) is 5.43. The number of carbonyl (C=O) groups excluding carboxylic acids is 1. The molecular weight excluding hydrogens is 378 g/mol. The van der Waals surface area contributed by atoms with E-state index in [1.807, 2.05) is 37.4 Å². The normalized spacial score (nSPS) is 10.7. The number of nitrogens with zero attached hydrogens (tertiary/aromatic N) is 3. The Hall–Kier alpha value is -3.28. The SMILES string of the molecule is COc1ccc(CCN(C)C(=O)c2cc(-c3ccc(C)c(C)c3)nn2C)cc1OC. The van der Waals surface area contributed by atoms with Crippen molar-refractivity contribution in [3.63, 3.8) is 0 Å². The molecule has 0 saturated carbocycles. The Bertz CT molecular complexity index is 1060. The van der Waals surface area contributed by atoms with Crippen LogP contribution < -0.4 is 9.47 Å². The largest absolute Gasteiger partial charge is 0.493 e. The van der Waals surface area contributed by atoms with Crippen LogP contribution in [0.4, 0.5) is 0 Å². The van der Waals surface area contributed by atoms with Gasteiger partial charge in [0.15, 0.2) is 11.5 Å². The monoisotopic (exact) mass is 407 g/mol. The fourth-order valence-corrected chi connectivity index (χ4v) is 3.34. The third kappa shape index (κ3) is 4.48. The molecule has 30 heavy (non-hydrogen) atoms. The van der Waals surface area contributed by atoms with Gasteiger partial charge in [-0.1, -0.05) is 18.2 Å². The molecule has 1 heterocycles. The van der Waals surface area contributed by atoms with Crippen molar-refractivity contribution in [2.75, 3.05) is 27.8 Å². The first kappa shape index (κ1) is 21.4. The summed E-state index contributed by atoms with van der Waals surface area (Å²) in [5, 5.41) is 4.55. The maximum absolute atomic E-state index is 13.0. The molecule has 0 aliphatic heterocycles. The Morgan fingerprint density at radius 1 is 1.00 bits per heavy atom. The Morgan fingerprint density at radius 2 is 1.73 bits per heavy atom. The van der Waals surface area contributed by atoms with Gasteiger partial charge in [-0.3, -0.25) is 9.48 Å². The second kappa shape index (κ2) is 9.03. The summed E-state index contributed by atoms with van der Waals surface area (Å²) >= 11 is 0. The molecule has 1 amide bonds. The van der Waals surface area contributed by atoms with Crippen molar-refractivity contribution in [1.82, 2.24) is 14.7 Å². The molecule has 158 valence electrons. The zero-order valence-corrected chi connectivity index (χ0v) is 18.5. The van der Waals surface area contributed by atoms with Gasteiger partial charge in [0, 0.05) is 26.2 Å². The predicted octanol–water partition coefficient (Wildman–Crippen LogP) is 4.04. The van der Waals surface area contributed by atoms with E-state index in [9.17, 15) is 4.79 Å². The molecule has 0 radical (unpaired) electrons. The van der Waals surface area contributed by atoms with Gasteiger partial charge in [-0.15, -0.1) is 0 Å². The van der Waals surface area contributed by atoms with Crippen LogP contribution >= 0.6 is 0 Å². The van der Waals surface area contributed by atoms with Gasteiger partial charge in [-0.25, -0.2) is 0 Å². The molecule has 0 aliphatic carbocycles. The summed E-state index contributed by atoms with van der Waals surface area (Å²) in [7, 11) is 6.85. The number of amides is 1. The molecular formula is C24H29N3O3. The average molecular weight is 408 g/mol. The summed E-state index contributed by atoms with van der Waals surface area (Å²) in [6, 6.07) is 13.9. The summed E-state index contributed by atoms with van der Waals surface area (Å²) in [4.78, 5) is 14.7. The summed E-state index contributed by atoms with van der Waals surface area (Å²) in [6.45, 7) is 4.74. The highest BCUT2D eigenvalue weighted by Gasteiger charge is 2.18. The first-order valence-corrected chi connectivity index (χ1v) is 9.92. The fourth-order valence-electron chi connectivity index (χ4n) is 3.34. The molecule has 0 aliphatic rings. The van der Waals surface area contributed by atoms with Crippen molar-refractivity contribution in [2.24, 2.45) is 7.05 Å². The van der Waals surface area contributed by atoms with Gasteiger partial charge < -0.3 is 14.4 Å². The number of methoxy groups -OCH3 is 2. The van der Waals surface area contributed by atoms with Crippen LogP contribution in [0.3, 0.4) is 0 Å². The molecule has 6 heteroatoms. The highest BCUT2D eigenvalue weighted by molar-refractivity contribution is 5.93. The van der Waals surface area contributed by atoms with Crippen LogP contribution in [-0.4, -0.2) is 48.4 Å². The molecule has 0 fully saturated rings. The Balaban J connectivity index is 1.72. The summed E-state index contributed by atoms with van der Waals surface area (Å²) in [5.74, 6) is 1.33. The van der Waals surface area contributed by atoms with Crippen molar-refractivity contribution in [1.29, 1.82) is 0 Å². The number of rotatable bonds is 7. The van der Waals surface area contributed by atoms with Crippen molar-refractivity contribution in [3.8, 4) is 22.8 Å². The number of benzene rings is 2. The summed E-state index contributed by atoms with van der Waals surface area (Å²) < 4.78 is 12.3. The lowest BCUT2D eigenvalue weighted by molar-refractivity contribution is 0.0786. The summed E-state index contributed by atoms with van der Waals surface area (Å²) in [6.07, 6.45) is 0.713. The molecule has 0 unspecified atom stereocenters. The van der Waals surface area contributed by atoms with Crippen LogP contribution in [-0.2, 0) is 13.5 Å². The van der Waals surface area contributed by atoms with E-state index < -0.39 is 0 Å². The number of hydrogen-bond donors (Lipinski definition) is 0. The minimum atomic E-state index is -0.0550. The first-order chi connectivity index (χ1) is 14.3. The number of ether oxygens (including phenoxy) is 2. The molecule has 3 aromatic rings. The van der Waals surface area contributed by atoms with E-state index in [2.05, 4.69) is 31.1 Å². The minimum absolute atomic E-state index is 0.0550. The molecule has 1 aromatic heterocycles. The zero-order valence-electron chi connectivity index (χ0n) is 18.5. The van der Waals surface area contributed by atoms with E-state index in [1.165, 1.54) is 11.1 Å². The van der Waals surface area contributed by atoms with Crippen LogP contribution in [0.15, 0.2) is 42.5 Å². The lowest BCUT2D eigenvalue weighted by Gasteiger charge is -2.17. The van der Waals surface area contributed by atoms with Crippen molar-refractivity contribution in [2.45, 2.75) is 20.3 Å². The van der Waals surface area contributed by atoms with Crippen LogP contribution in [0.5, 0.6) is 11.5 Å². The highest BCUT2D eigenvalue weighted by Crippen LogP contribution is 2.28. The van der Waals surface area contributed by atoms with E-state index in [0.29, 0.717) is 30.2 Å². The number of aryl methyl sites for hydroxylation is 3. The van der Waals surface area contributed by atoms with Crippen LogP contribution in [0.2, 0.25) is 0 Å². The molecule has 0 N–H and O–H groups in total. The van der Waals surface area contributed by atoms with Crippen LogP contribution in [0, 0.1) is 13.8 Å². The Labute approximate surface area is 178 Å². The second-order valence-electron chi connectivity index (χ2n) is 7.50. The maximum Gasteiger partial charge on any atom is 0.271 e. The number of likely N-dealkylation sites (N-methyl/N-ethyl adjacent to an activating group) is 1. The molecule has 0 spiro atoms. The lowest BCUT2D eigenvalue weighted by Crippen LogP contribution is -2.30. The summed E-state index contributed by atoms with van der Waals surface area (Å²) in [5.41, 5.74) is 5.91. The van der Waals surface area contributed by atoms with Gasteiger partial charge in [0.1, 0.15) is 5.69 Å². The van der Waals surface area contributed by atoms with E-state index in [1.54, 1.807) is 30.8 Å². The van der Waals surface area contributed by atoms with Crippen molar-refractivity contribution in [3.05, 3.63) is 64.8 Å².